The van der Waals surface area contributed by atoms with Gasteiger partial charge in [-0.15, -0.1) is 0 Å². The number of ketones is 1. The second-order valence-corrected chi connectivity index (χ2v) is 11.1. The molecule has 0 bridgehead atoms. The normalized spacial score (nSPS) is 27.3. The van der Waals surface area contributed by atoms with Crippen molar-refractivity contribution in [1.82, 2.24) is 10.6 Å². The molecule has 3 rings (SSSR count). The first-order valence-electron chi connectivity index (χ1n) is 13.7. The van der Waals surface area contributed by atoms with Crippen molar-refractivity contribution in [3.8, 4) is 0 Å². The molecule has 0 aromatic heterocycles. The van der Waals surface area contributed by atoms with Crippen LogP contribution in [-0.4, -0.2) is 43.4 Å². The van der Waals surface area contributed by atoms with Crippen LogP contribution in [0.25, 0.3) is 5.57 Å². The number of benzene rings is 1. The molecule has 2 aliphatic rings. The zero-order chi connectivity index (χ0) is 30.2. The lowest BCUT2D eigenvalue weighted by atomic mass is 9.79. The van der Waals surface area contributed by atoms with Gasteiger partial charge in [-0.3, -0.25) is 10.2 Å². The van der Waals surface area contributed by atoms with E-state index in [0.717, 1.165) is 12.3 Å². The van der Waals surface area contributed by atoms with Crippen LogP contribution in [0.1, 0.15) is 57.4 Å². The van der Waals surface area contributed by atoms with Crippen molar-refractivity contribution in [2.24, 2.45) is 22.7 Å². The number of hydrogen-bond acceptors (Lipinski definition) is 5. The summed E-state index contributed by atoms with van der Waals surface area (Å²) in [6.07, 6.45) is 0.919. The summed E-state index contributed by atoms with van der Waals surface area (Å²) in [4.78, 5) is 17.7. The predicted molar refractivity (Wildman–Crippen MR) is 153 cm³/mol. The van der Waals surface area contributed by atoms with Gasteiger partial charge in [0.15, 0.2) is 5.78 Å². The standard InChI is InChI=1S/C30H36ClF5N4O/c1-19-15-29(32,33)12-6-8-21(28(41)27(37)25(18-38-2)20-7-5-10-24(31)14-20)13-22(19)16-39-26-11-4-3-9-23(17-40-26)30(34,35)36/h5,7,9-11,14,17-19,21-22,37-39H,3-4,6,8,12-13,15-16H2,1-2H3/b23-9-,25-18-,26-11-,37-27?,40-17-/t19-,21?,22?/m1/s1. The van der Waals surface area contributed by atoms with Gasteiger partial charge in [-0.05, 0) is 67.7 Å². The van der Waals surface area contributed by atoms with Gasteiger partial charge in [0.05, 0.1) is 5.57 Å². The van der Waals surface area contributed by atoms with Gasteiger partial charge in [0, 0.05) is 55.4 Å². The van der Waals surface area contributed by atoms with E-state index in [2.05, 4.69) is 15.6 Å². The summed E-state index contributed by atoms with van der Waals surface area (Å²) in [5.41, 5.74) is -0.159. The largest absolute Gasteiger partial charge is 0.417 e. The molecule has 0 saturated heterocycles. The molecule has 1 heterocycles. The minimum Gasteiger partial charge on any atom is -0.393 e. The van der Waals surface area contributed by atoms with Crippen LogP contribution >= 0.6 is 11.6 Å². The summed E-state index contributed by atoms with van der Waals surface area (Å²) in [6, 6.07) is 6.77. The third kappa shape index (κ3) is 9.51. The summed E-state index contributed by atoms with van der Waals surface area (Å²) < 4.78 is 69.1. The third-order valence-electron chi connectivity index (χ3n) is 7.50. The summed E-state index contributed by atoms with van der Waals surface area (Å²) in [7, 11) is 1.65. The van der Waals surface area contributed by atoms with Crippen molar-refractivity contribution < 1.29 is 26.7 Å². The van der Waals surface area contributed by atoms with Crippen LogP contribution in [0.2, 0.25) is 5.02 Å². The van der Waals surface area contributed by atoms with Crippen molar-refractivity contribution in [2.45, 2.75) is 64.0 Å². The Bertz CT molecular complexity index is 1220. The SMILES string of the molecule is CN/C=C(\C(=N)C(=O)C1CCCC(F)(F)C[C@@H](C)C(CNC2=C/CC/C=C(C(F)(F)F)/C=N\2)C1)c1cccc(Cl)c1. The van der Waals surface area contributed by atoms with Gasteiger partial charge in [-0.2, -0.15) is 13.2 Å². The quantitative estimate of drug-likeness (QED) is 0.212. The Hall–Kier alpha value is -3.01. The topological polar surface area (TPSA) is 77.3 Å². The predicted octanol–water partition coefficient (Wildman–Crippen LogP) is 7.74. The molecular weight excluding hydrogens is 563 g/mol. The van der Waals surface area contributed by atoms with Gasteiger partial charge in [0.2, 0.25) is 5.92 Å². The first kappa shape index (κ1) is 32.5. The molecule has 3 N–H and O–H groups in total. The van der Waals surface area contributed by atoms with Gasteiger partial charge < -0.3 is 10.6 Å². The Morgan fingerprint density at radius 3 is 2.66 bits per heavy atom. The van der Waals surface area contributed by atoms with Gasteiger partial charge >= 0.3 is 6.18 Å². The zero-order valence-corrected chi connectivity index (χ0v) is 23.9. The lowest BCUT2D eigenvalue weighted by Gasteiger charge is -2.29. The van der Waals surface area contributed by atoms with Gasteiger partial charge in [-0.25, -0.2) is 13.8 Å². The summed E-state index contributed by atoms with van der Waals surface area (Å²) in [6.45, 7) is 1.85. The van der Waals surface area contributed by atoms with Crippen LogP contribution in [-0.2, 0) is 4.79 Å². The molecule has 1 aromatic carbocycles. The molecule has 5 nitrogen and oxygen atoms in total. The van der Waals surface area contributed by atoms with E-state index in [0.29, 0.717) is 22.6 Å². The van der Waals surface area contributed by atoms with Crippen LogP contribution < -0.4 is 10.6 Å². The minimum absolute atomic E-state index is 0.133. The number of hydrogen-bond donors (Lipinski definition) is 3. The number of carbonyl (C=O) groups is 1. The maximum Gasteiger partial charge on any atom is 0.417 e. The van der Waals surface area contributed by atoms with E-state index < -0.39 is 41.2 Å². The molecule has 2 unspecified atom stereocenters. The number of rotatable bonds is 8. The average Bonchev–Trinajstić information content (AvgIpc) is 2.92. The number of aliphatic imine (C=N–C) groups is 1. The molecule has 0 amide bonds. The van der Waals surface area contributed by atoms with Crippen LogP contribution in [0.4, 0.5) is 22.0 Å². The fourth-order valence-corrected chi connectivity index (χ4v) is 5.46. The Kier molecular flexibility index (Phi) is 11.3. The number of Topliss-reactive ketones (excluding diaryl/α,β-unsaturated/α-hetero) is 1. The van der Waals surface area contributed by atoms with Crippen LogP contribution in [0, 0.1) is 23.2 Å². The smallest absolute Gasteiger partial charge is 0.393 e. The lowest BCUT2D eigenvalue weighted by molar-refractivity contribution is -0.117. The van der Waals surface area contributed by atoms with Crippen molar-refractivity contribution in [3.05, 3.63) is 64.6 Å². The monoisotopic (exact) mass is 598 g/mol. The second kappa shape index (κ2) is 14.2. The highest BCUT2D eigenvalue weighted by molar-refractivity contribution is 6.55. The Labute approximate surface area is 242 Å². The van der Waals surface area contributed by atoms with Gasteiger partial charge in [-0.1, -0.05) is 36.7 Å². The molecule has 41 heavy (non-hydrogen) atoms. The van der Waals surface area contributed by atoms with E-state index in [4.69, 9.17) is 17.0 Å². The lowest BCUT2D eigenvalue weighted by Crippen LogP contribution is -2.33. The van der Waals surface area contributed by atoms with E-state index in [-0.39, 0.29) is 56.6 Å². The molecular formula is C30H36ClF5N4O. The number of allylic oxidation sites excluding steroid dienone is 4. The maximum absolute atomic E-state index is 14.7. The fourth-order valence-electron chi connectivity index (χ4n) is 5.27. The highest BCUT2D eigenvalue weighted by Crippen LogP contribution is 2.38. The molecule has 0 spiro atoms. The summed E-state index contributed by atoms with van der Waals surface area (Å²) in [5.74, 6) is -4.72. The van der Waals surface area contributed by atoms with E-state index in [1.807, 2.05) is 0 Å². The van der Waals surface area contributed by atoms with Gasteiger partial charge in [0.1, 0.15) is 11.5 Å². The number of halogens is 6. The molecule has 11 heteroatoms. The van der Waals surface area contributed by atoms with E-state index in [1.165, 1.54) is 0 Å². The Balaban J connectivity index is 1.83. The van der Waals surface area contributed by atoms with Crippen molar-refractivity contribution in [2.75, 3.05) is 13.6 Å². The highest BCUT2D eigenvalue weighted by Gasteiger charge is 2.38. The average molecular weight is 599 g/mol. The Morgan fingerprint density at radius 1 is 1.24 bits per heavy atom. The third-order valence-corrected chi connectivity index (χ3v) is 7.74. The second-order valence-electron chi connectivity index (χ2n) is 10.7. The number of nitrogens with zero attached hydrogens (tertiary/aromatic N) is 1. The first-order valence-corrected chi connectivity index (χ1v) is 14.1. The fraction of sp³-hybridized carbons (Fsp3) is 0.500. The number of nitrogens with one attached hydrogen (secondary N) is 3. The van der Waals surface area contributed by atoms with Gasteiger partial charge in [0.25, 0.3) is 0 Å². The summed E-state index contributed by atoms with van der Waals surface area (Å²) in [5, 5.41) is 15.1. The van der Waals surface area contributed by atoms with E-state index in [1.54, 1.807) is 50.5 Å². The minimum atomic E-state index is -4.52. The number of carbonyl (C=O) groups excluding carboxylic acids is 1. The summed E-state index contributed by atoms with van der Waals surface area (Å²) >= 11 is 6.14. The van der Waals surface area contributed by atoms with Crippen LogP contribution in [0.15, 0.2) is 59.0 Å². The Morgan fingerprint density at radius 2 is 1.98 bits per heavy atom. The van der Waals surface area contributed by atoms with Crippen molar-refractivity contribution >= 4 is 34.9 Å². The highest BCUT2D eigenvalue weighted by atomic mass is 35.5. The molecule has 224 valence electrons. The molecule has 3 atom stereocenters. The maximum atomic E-state index is 14.7. The molecule has 1 aliphatic heterocycles. The molecule has 1 aliphatic carbocycles. The number of alkyl halides is 5. The van der Waals surface area contributed by atoms with Crippen molar-refractivity contribution in [1.29, 1.82) is 5.41 Å². The molecule has 0 radical (unpaired) electrons. The first-order chi connectivity index (χ1) is 19.3. The van der Waals surface area contributed by atoms with Crippen LogP contribution in [0.5, 0.6) is 0 Å². The molecule has 1 aromatic rings. The van der Waals surface area contributed by atoms with Crippen LogP contribution in [0.3, 0.4) is 0 Å². The van der Waals surface area contributed by atoms with Crippen molar-refractivity contribution in [3.63, 3.8) is 0 Å². The zero-order valence-electron chi connectivity index (χ0n) is 23.1. The molecule has 1 saturated carbocycles. The van der Waals surface area contributed by atoms with E-state index >= 15 is 0 Å². The molecule has 1 fully saturated rings. The van der Waals surface area contributed by atoms with E-state index in [9.17, 15) is 26.7 Å².